The minimum absolute atomic E-state index is 0.0811. The molecule has 0 aromatic carbocycles. The maximum Gasteiger partial charge on any atom is 0.233 e. The Bertz CT molecular complexity index is 317. The van der Waals surface area contributed by atoms with Gasteiger partial charge in [0, 0.05) is 19.6 Å². The molecule has 0 aliphatic carbocycles. The zero-order valence-corrected chi connectivity index (χ0v) is 12.3. The number of sulfonamides is 1. The molecule has 1 N–H and O–H groups in total. The number of carbonyl (C=O) groups excluding carboxylic acids is 1. The van der Waals surface area contributed by atoms with Gasteiger partial charge in [-0.05, 0) is 13.3 Å². The first-order chi connectivity index (χ1) is 7.29. The molecule has 0 spiro atoms. The number of carbonyl (C=O) groups is 1. The van der Waals surface area contributed by atoms with Crippen molar-refractivity contribution in [3.8, 4) is 0 Å². The lowest BCUT2D eigenvalue weighted by atomic mass is 10.4. The summed E-state index contributed by atoms with van der Waals surface area (Å²) in [5.41, 5.74) is 0. The highest BCUT2D eigenvalue weighted by Gasteiger charge is 2.13. The van der Waals surface area contributed by atoms with Gasteiger partial charge in [-0.15, -0.1) is 0 Å². The smallest absolute Gasteiger partial charge is 0.233 e. The number of nitrogens with one attached hydrogen (secondary N) is 1. The molecule has 96 valence electrons. The fourth-order valence-electron chi connectivity index (χ4n) is 1.17. The molecule has 0 fully saturated rings. The van der Waals surface area contributed by atoms with Crippen molar-refractivity contribution >= 4 is 31.9 Å². The molecule has 0 heterocycles. The molecule has 0 aromatic rings. The summed E-state index contributed by atoms with van der Waals surface area (Å²) in [6.45, 7) is 4.92. The molecule has 0 bridgehead atoms. The molecule has 0 saturated carbocycles. The van der Waals surface area contributed by atoms with Crippen LogP contribution in [0.15, 0.2) is 0 Å². The fraction of sp³-hybridized carbons (Fsp3) is 0.889. The number of rotatable bonds is 7. The Hall–Kier alpha value is -0.140. The largest absolute Gasteiger partial charge is 0.355 e. The molecule has 0 rings (SSSR count). The summed E-state index contributed by atoms with van der Waals surface area (Å²) in [6, 6.07) is 0. The average Bonchev–Trinajstić information content (AvgIpc) is 2.15. The van der Waals surface area contributed by atoms with Crippen molar-refractivity contribution in [2.45, 2.75) is 25.1 Å². The summed E-state index contributed by atoms with van der Waals surface area (Å²) in [5, 5.41) is 2.71. The van der Waals surface area contributed by atoms with E-state index in [-0.39, 0.29) is 10.7 Å². The Morgan fingerprint density at radius 3 is 2.44 bits per heavy atom. The molecule has 0 aromatic heterocycles. The molecule has 7 heteroatoms. The van der Waals surface area contributed by atoms with Gasteiger partial charge in [-0.2, -0.15) is 0 Å². The van der Waals surface area contributed by atoms with Crippen LogP contribution >= 0.6 is 15.9 Å². The molecule has 1 unspecified atom stereocenters. The summed E-state index contributed by atoms with van der Waals surface area (Å²) in [4.78, 5) is 10.9. The first kappa shape index (κ1) is 15.9. The Morgan fingerprint density at radius 2 is 2.06 bits per heavy atom. The number of halogens is 1. The Balaban J connectivity index is 3.86. The minimum atomic E-state index is -3.12. The maximum absolute atomic E-state index is 11.2. The lowest BCUT2D eigenvalue weighted by Crippen LogP contribution is -2.35. The second kappa shape index (κ2) is 7.24. The number of hydrogen-bond acceptors (Lipinski definition) is 3. The minimum Gasteiger partial charge on any atom is -0.355 e. The van der Waals surface area contributed by atoms with Gasteiger partial charge in [-0.3, -0.25) is 4.79 Å². The predicted octanol–water partition coefficient (Wildman–Crippen LogP) is 0.558. The van der Waals surface area contributed by atoms with Gasteiger partial charge in [0.05, 0.1) is 11.1 Å². The van der Waals surface area contributed by atoms with Crippen molar-refractivity contribution in [2.75, 3.05) is 25.9 Å². The van der Waals surface area contributed by atoms with Crippen LogP contribution in [-0.4, -0.2) is 49.3 Å². The molecule has 1 atom stereocenters. The van der Waals surface area contributed by atoms with Crippen LogP contribution in [0.2, 0.25) is 0 Å². The summed E-state index contributed by atoms with van der Waals surface area (Å²) >= 11 is 3.15. The monoisotopic (exact) mass is 314 g/mol. The van der Waals surface area contributed by atoms with E-state index >= 15 is 0 Å². The Morgan fingerprint density at radius 1 is 1.50 bits per heavy atom. The van der Waals surface area contributed by atoms with Crippen LogP contribution < -0.4 is 5.32 Å². The average molecular weight is 315 g/mol. The van der Waals surface area contributed by atoms with Crippen molar-refractivity contribution in [3.63, 3.8) is 0 Å². The zero-order chi connectivity index (χ0) is 12.8. The maximum atomic E-state index is 11.2. The molecule has 16 heavy (non-hydrogen) atoms. The number of amides is 1. The third-order valence-corrected chi connectivity index (χ3v) is 3.86. The molecule has 5 nitrogen and oxygen atoms in total. The van der Waals surface area contributed by atoms with Gasteiger partial charge < -0.3 is 5.32 Å². The van der Waals surface area contributed by atoms with Gasteiger partial charge in [0.15, 0.2) is 0 Å². The van der Waals surface area contributed by atoms with E-state index in [0.29, 0.717) is 26.1 Å². The van der Waals surface area contributed by atoms with Crippen molar-refractivity contribution in [3.05, 3.63) is 0 Å². The van der Waals surface area contributed by atoms with Crippen LogP contribution in [0.3, 0.4) is 0 Å². The van der Waals surface area contributed by atoms with Crippen LogP contribution in [0.4, 0.5) is 0 Å². The number of hydrogen-bond donors (Lipinski definition) is 1. The van der Waals surface area contributed by atoms with Crippen LogP contribution in [0.5, 0.6) is 0 Å². The van der Waals surface area contributed by atoms with E-state index in [2.05, 4.69) is 21.2 Å². The first-order valence-electron chi connectivity index (χ1n) is 5.16. The van der Waals surface area contributed by atoms with Gasteiger partial charge in [-0.1, -0.05) is 22.9 Å². The first-order valence-corrected chi connectivity index (χ1v) is 7.92. The molecule has 0 aliphatic heterocycles. The van der Waals surface area contributed by atoms with E-state index in [0.717, 1.165) is 0 Å². The second-order valence-corrected chi connectivity index (χ2v) is 6.87. The van der Waals surface area contributed by atoms with Gasteiger partial charge in [-0.25, -0.2) is 12.7 Å². The van der Waals surface area contributed by atoms with E-state index in [1.165, 1.54) is 10.6 Å². The molecular formula is C9H19BrN2O3S. The normalized spacial score (nSPS) is 13.8. The molecule has 1 amide bonds. The van der Waals surface area contributed by atoms with Crippen molar-refractivity contribution in [1.29, 1.82) is 0 Å². The molecular weight excluding hydrogens is 296 g/mol. The summed E-state index contributed by atoms with van der Waals surface area (Å²) in [5.74, 6) is -0.0811. The van der Waals surface area contributed by atoms with Gasteiger partial charge in [0.2, 0.25) is 15.9 Å². The zero-order valence-electron chi connectivity index (χ0n) is 9.86. The highest BCUT2D eigenvalue weighted by Crippen LogP contribution is 1.99. The van der Waals surface area contributed by atoms with Gasteiger partial charge in [0.1, 0.15) is 0 Å². The standard InChI is InChI=1S/C9H19BrN2O3S/c1-4-12(16(3,14)15)7-5-6-11-9(13)8(2)10/h8H,4-7H2,1-3H3,(H,11,13). The van der Waals surface area contributed by atoms with Crippen LogP contribution in [0.1, 0.15) is 20.3 Å². The van der Waals surface area contributed by atoms with Gasteiger partial charge in [0.25, 0.3) is 0 Å². The summed E-state index contributed by atoms with van der Waals surface area (Å²) in [6.07, 6.45) is 1.81. The molecule has 0 radical (unpaired) electrons. The highest BCUT2D eigenvalue weighted by atomic mass is 79.9. The number of alkyl halides is 1. The SMILES string of the molecule is CCN(CCCNC(=O)C(C)Br)S(C)(=O)=O. The van der Waals surface area contributed by atoms with E-state index in [4.69, 9.17) is 0 Å². The van der Waals surface area contributed by atoms with Crippen molar-refractivity contribution < 1.29 is 13.2 Å². The van der Waals surface area contributed by atoms with E-state index < -0.39 is 10.0 Å². The quantitative estimate of drug-likeness (QED) is 0.551. The third kappa shape index (κ3) is 6.44. The predicted molar refractivity (Wildman–Crippen MR) is 68.1 cm³/mol. The lowest BCUT2D eigenvalue weighted by molar-refractivity contribution is -0.120. The van der Waals surface area contributed by atoms with E-state index in [9.17, 15) is 13.2 Å². The molecule has 0 saturated heterocycles. The Labute approximate surface area is 106 Å². The third-order valence-electron chi connectivity index (χ3n) is 2.07. The van der Waals surface area contributed by atoms with Crippen LogP contribution in [-0.2, 0) is 14.8 Å². The van der Waals surface area contributed by atoms with Crippen LogP contribution in [0.25, 0.3) is 0 Å². The van der Waals surface area contributed by atoms with Crippen molar-refractivity contribution in [2.24, 2.45) is 0 Å². The lowest BCUT2D eigenvalue weighted by Gasteiger charge is -2.17. The highest BCUT2D eigenvalue weighted by molar-refractivity contribution is 9.10. The van der Waals surface area contributed by atoms with E-state index in [1.54, 1.807) is 13.8 Å². The van der Waals surface area contributed by atoms with E-state index in [1.807, 2.05) is 0 Å². The van der Waals surface area contributed by atoms with Crippen molar-refractivity contribution in [1.82, 2.24) is 9.62 Å². The summed E-state index contributed by atoms with van der Waals surface area (Å²) < 4.78 is 23.8. The topological polar surface area (TPSA) is 66.5 Å². The number of nitrogens with zero attached hydrogens (tertiary/aromatic N) is 1. The second-order valence-electron chi connectivity index (χ2n) is 3.52. The fourth-order valence-corrected chi connectivity index (χ4v) is 2.26. The van der Waals surface area contributed by atoms with Crippen LogP contribution in [0, 0.1) is 0 Å². The summed E-state index contributed by atoms with van der Waals surface area (Å²) in [7, 11) is -3.12. The Kier molecular flexibility index (Phi) is 7.17. The molecule has 0 aliphatic rings. The van der Waals surface area contributed by atoms with Gasteiger partial charge >= 0.3 is 0 Å².